The molecule has 1 aliphatic carbocycles. The maximum atomic E-state index is 12.1. The Morgan fingerprint density at radius 2 is 1.84 bits per heavy atom. The van der Waals surface area contributed by atoms with Crippen LogP contribution in [0.25, 0.3) is 0 Å². The second-order valence-corrected chi connectivity index (χ2v) is 8.04. The van der Waals surface area contributed by atoms with E-state index in [9.17, 15) is 4.79 Å². The van der Waals surface area contributed by atoms with Crippen LogP contribution in [-0.2, 0) is 14.2 Å². The number of piperidine rings is 1. The molecule has 1 aliphatic heterocycles. The fraction of sp³-hybridized carbons (Fsp3) is 0.750. The average molecular weight is 351 g/mol. The number of amides is 1. The molecular weight excluding hydrogens is 318 g/mol. The Kier molecular flexibility index (Phi) is 6.94. The van der Waals surface area contributed by atoms with Gasteiger partial charge >= 0.3 is 6.09 Å². The van der Waals surface area contributed by atoms with Gasteiger partial charge in [-0.3, -0.25) is 0 Å². The van der Waals surface area contributed by atoms with E-state index in [4.69, 9.17) is 14.2 Å². The molecule has 1 saturated carbocycles. The largest absolute Gasteiger partial charge is 0.491 e. The highest BCUT2D eigenvalue weighted by molar-refractivity contribution is 5.68. The van der Waals surface area contributed by atoms with E-state index < -0.39 is 5.60 Å². The van der Waals surface area contributed by atoms with Crippen molar-refractivity contribution in [3.05, 3.63) is 24.5 Å². The monoisotopic (exact) mass is 351 g/mol. The van der Waals surface area contributed by atoms with Gasteiger partial charge in [-0.05, 0) is 52.5 Å². The number of hydrogen-bond acceptors (Lipinski definition) is 4. The van der Waals surface area contributed by atoms with Crippen LogP contribution in [0, 0.1) is 5.92 Å². The van der Waals surface area contributed by atoms with E-state index in [0.717, 1.165) is 51.1 Å². The van der Waals surface area contributed by atoms with Crippen molar-refractivity contribution in [2.45, 2.75) is 71.2 Å². The van der Waals surface area contributed by atoms with Gasteiger partial charge in [0.2, 0.25) is 0 Å². The third-order valence-corrected chi connectivity index (χ3v) is 4.56. The summed E-state index contributed by atoms with van der Waals surface area (Å²) >= 11 is 0. The standard InChI is InChI=1S/C20H33NO4/c1-6-7-15(2)24-18-12-17(13-18)23-14-16-8-10-21(11-9-16)19(22)25-20(3,4)5/h6-7,16-18H,2,8-14H2,1,3-5H3/b7-6-. The number of nitrogens with zero attached hydrogens (tertiary/aromatic N) is 1. The highest BCUT2D eigenvalue weighted by Crippen LogP contribution is 2.29. The normalized spacial score (nSPS) is 24.9. The lowest BCUT2D eigenvalue weighted by molar-refractivity contribution is -0.0920. The minimum Gasteiger partial charge on any atom is -0.491 e. The van der Waals surface area contributed by atoms with E-state index in [1.54, 1.807) is 0 Å². The summed E-state index contributed by atoms with van der Waals surface area (Å²) in [5, 5.41) is 0. The molecule has 0 spiro atoms. The summed E-state index contributed by atoms with van der Waals surface area (Å²) in [6.07, 6.45) is 7.97. The Balaban J connectivity index is 1.58. The first kappa shape index (κ1) is 19.8. The molecule has 5 nitrogen and oxygen atoms in total. The van der Waals surface area contributed by atoms with E-state index in [1.165, 1.54) is 0 Å². The predicted molar refractivity (Wildman–Crippen MR) is 98.3 cm³/mol. The maximum Gasteiger partial charge on any atom is 0.410 e. The Labute approximate surface area is 152 Å². The van der Waals surface area contributed by atoms with E-state index in [-0.39, 0.29) is 12.2 Å². The van der Waals surface area contributed by atoms with Crippen LogP contribution in [0.15, 0.2) is 24.5 Å². The lowest BCUT2D eigenvalue weighted by atomic mass is 9.91. The van der Waals surface area contributed by atoms with Crippen LogP contribution in [0.3, 0.4) is 0 Å². The van der Waals surface area contributed by atoms with Crippen molar-refractivity contribution in [1.29, 1.82) is 0 Å². The van der Waals surface area contributed by atoms with E-state index in [0.29, 0.717) is 12.0 Å². The molecule has 0 radical (unpaired) electrons. The first-order chi connectivity index (χ1) is 11.8. The van der Waals surface area contributed by atoms with Gasteiger partial charge in [0.25, 0.3) is 0 Å². The van der Waals surface area contributed by atoms with Gasteiger partial charge in [-0.2, -0.15) is 0 Å². The smallest absolute Gasteiger partial charge is 0.410 e. The van der Waals surface area contributed by atoms with Crippen molar-refractivity contribution in [1.82, 2.24) is 4.90 Å². The molecule has 2 aliphatic rings. The summed E-state index contributed by atoms with van der Waals surface area (Å²) < 4.78 is 17.1. The molecule has 2 rings (SSSR count). The number of carbonyl (C=O) groups is 1. The Morgan fingerprint density at radius 3 is 2.40 bits per heavy atom. The van der Waals surface area contributed by atoms with Crippen LogP contribution >= 0.6 is 0 Å². The SMILES string of the molecule is C=C(/C=C\C)OC1CC(OCC2CCN(C(=O)OC(C)(C)C)CC2)C1. The molecule has 0 aromatic carbocycles. The molecule has 1 heterocycles. The van der Waals surface area contributed by atoms with Gasteiger partial charge in [-0.1, -0.05) is 12.7 Å². The summed E-state index contributed by atoms with van der Waals surface area (Å²) in [4.78, 5) is 13.9. The van der Waals surface area contributed by atoms with Crippen molar-refractivity contribution in [2.24, 2.45) is 5.92 Å². The molecule has 2 fully saturated rings. The van der Waals surface area contributed by atoms with Crippen molar-refractivity contribution in [2.75, 3.05) is 19.7 Å². The first-order valence-corrected chi connectivity index (χ1v) is 9.34. The highest BCUT2D eigenvalue weighted by atomic mass is 16.6. The van der Waals surface area contributed by atoms with E-state index >= 15 is 0 Å². The summed E-state index contributed by atoms with van der Waals surface area (Å²) in [5.74, 6) is 1.25. The van der Waals surface area contributed by atoms with Crippen molar-refractivity contribution < 1.29 is 19.0 Å². The molecule has 0 unspecified atom stereocenters. The molecule has 0 aromatic heterocycles. The predicted octanol–water partition coefficient (Wildman–Crippen LogP) is 4.29. The fourth-order valence-electron chi connectivity index (χ4n) is 3.07. The van der Waals surface area contributed by atoms with Gasteiger partial charge in [0, 0.05) is 32.5 Å². The maximum absolute atomic E-state index is 12.1. The van der Waals surface area contributed by atoms with Crippen LogP contribution in [-0.4, -0.2) is 48.5 Å². The number of carbonyl (C=O) groups excluding carboxylic acids is 1. The van der Waals surface area contributed by atoms with Gasteiger partial charge in [0.15, 0.2) is 0 Å². The molecular formula is C20H33NO4. The van der Waals surface area contributed by atoms with Gasteiger partial charge in [-0.15, -0.1) is 0 Å². The van der Waals surface area contributed by atoms with Crippen LogP contribution in [0.1, 0.15) is 53.4 Å². The Hall–Kier alpha value is -1.49. The van der Waals surface area contributed by atoms with E-state index in [2.05, 4.69) is 6.58 Å². The second-order valence-electron chi connectivity index (χ2n) is 8.04. The van der Waals surface area contributed by atoms with E-state index in [1.807, 2.05) is 44.7 Å². The van der Waals surface area contributed by atoms with Crippen LogP contribution in [0.4, 0.5) is 4.79 Å². The molecule has 25 heavy (non-hydrogen) atoms. The zero-order valence-corrected chi connectivity index (χ0v) is 16.1. The molecule has 5 heteroatoms. The number of allylic oxidation sites excluding steroid dienone is 2. The zero-order valence-electron chi connectivity index (χ0n) is 16.1. The molecule has 142 valence electrons. The Morgan fingerprint density at radius 1 is 1.20 bits per heavy atom. The molecule has 1 amide bonds. The minimum atomic E-state index is -0.432. The lowest BCUT2D eigenvalue weighted by Crippen LogP contribution is -2.43. The van der Waals surface area contributed by atoms with Crippen LogP contribution in [0.5, 0.6) is 0 Å². The first-order valence-electron chi connectivity index (χ1n) is 9.34. The summed E-state index contributed by atoms with van der Waals surface area (Å²) in [6.45, 7) is 13.8. The minimum absolute atomic E-state index is 0.202. The third kappa shape index (κ3) is 6.73. The summed E-state index contributed by atoms with van der Waals surface area (Å²) in [6, 6.07) is 0. The van der Waals surface area contributed by atoms with Crippen LogP contribution in [0.2, 0.25) is 0 Å². The molecule has 0 N–H and O–H groups in total. The van der Waals surface area contributed by atoms with Crippen LogP contribution < -0.4 is 0 Å². The summed E-state index contributed by atoms with van der Waals surface area (Å²) in [7, 11) is 0. The fourth-order valence-corrected chi connectivity index (χ4v) is 3.07. The van der Waals surface area contributed by atoms with Gasteiger partial charge < -0.3 is 19.1 Å². The van der Waals surface area contributed by atoms with Gasteiger partial charge in [0.1, 0.15) is 17.5 Å². The zero-order chi connectivity index (χ0) is 18.4. The average Bonchev–Trinajstić information content (AvgIpc) is 2.48. The molecule has 1 saturated heterocycles. The lowest BCUT2D eigenvalue weighted by Gasteiger charge is -2.37. The van der Waals surface area contributed by atoms with Crippen molar-refractivity contribution in [3.8, 4) is 0 Å². The van der Waals surface area contributed by atoms with Crippen molar-refractivity contribution in [3.63, 3.8) is 0 Å². The Bertz CT molecular complexity index is 480. The molecule has 0 bridgehead atoms. The van der Waals surface area contributed by atoms with Gasteiger partial charge in [-0.25, -0.2) is 4.79 Å². The number of rotatable bonds is 6. The number of hydrogen-bond donors (Lipinski definition) is 0. The quantitative estimate of drug-likeness (QED) is 0.529. The molecule has 0 aromatic rings. The third-order valence-electron chi connectivity index (χ3n) is 4.56. The molecule has 0 atom stereocenters. The number of ether oxygens (including phenoxy) is 3. The highest BCUT2D eigenvalue weighted by Gasteiger charge is 2.33. The van der Waals surface area contributed by atoms with Gasteiger partial charge in [0.05, 0.1) is 6.10 Å². The topological polar surface area (TPSA) is 48.0 Å². The second kappa shape index (κ2) is 8.75. The number of likely N-dealkylation sites (tertiary alicyclic amines) is 1. The summed E-state index contributed by atoms with van der Waals surface area (Å²) in [5.41, 5.74) is -0.432. The van der Waals surface area contributed by atoms with Crippen molar-refractivity contribution >= 4 is 6.09 Å².